The topological polar surface area (TPSA) is 37.3 Å². The number of hydrogen-bond acceptors (Lipinski definition) is 1. The molecule has 4 heteroatoms. The molecule has 1 aromatic carbocycles. The molecule has 0 atom stereocenters. The molecule has 0 spiro atoms. The van der Waals surface area contributed by atoms with E-state index in [0.29, 0.717) is 0 Å². The van der Waals surface area contributed by atoms with Crippen LogP contribution in [0.15, 0.2) is 10.5 Å². The van der Waals surface area contributed by atoms with Crippen molar-refractivity contribution >= 4 is 38.3 Å². The summed E-state index contributed by atoms with van der Waals surface area (Å²) in [6.45, 7) is 6.61. The van der Waals surface area contributed by atoms with Gasteiger partial charge in [0.05, 0.1) is 0 Å². The minimum absolute atomic E-state index is 0.250. The molecule has 1 rings (SSSR count). The maximum Gasteiger partial charge on any atom is 0.290 e. The van der Waals surface area contributed by atoms with E-state index in [9.17, 15) is 0 Å². The Kier molecular flexibility index (Phi) is 15.6. The molecule has 0 aliphatic carbocycles. The quantitative estimate of drug-likeness (QED) is 0.272. The summed E-state index contributed by atoms with van der Waals surface area (Å²) in [5, 5.41) is 7.94. The van der Waals surface area contributed by atoms with Crippen LogP contribution >= 0.6 is 31.9 Å². The molecule has 0 aliphatic rings. The summed E-state index contributed by atoms with van der Waals surface area (Å²) in [4.78, 5) is 8.36. The summed E-state index contributed by atoms with van der Waals surface area (Å²) in [7, 11) is 0. The fourth-order valence-corrected chi connectivity index (χ4v) is 4.19. The molecule has 144 valence electrons. The molecular formula is C21H34Br2O2. The van der Waals surface area contributed by atoms with Crippen LogP contribution in [0.4, 0.5) is 0 Å². The van der Waals surface area contributed by atoms with Gasteiger partial charge in [0.15, 0.2) is 0 Å². The molecule has 0 fully saturated rings. The first kappa shape index (κ1) is 24.7. The summed E-state index contributed by atoms with van der Waals surface area (Å²) in [5.74, 6) is 0. The van der Waals surface area contributed by atoms with Gasteiger partial charge in [-0.15, -0.1) is 0 Å². The number of carboxylic acid groups (broad SMARTS) is 1. The normalized spacial score (nSPS) is 10.3. The van der Waals surface area contributed by atoms with Gasteiger partial charge in [-0.2, -0.15) is 0 Å². The van der Waals surface area contributed by atoms with E-state index in [2.05, 4.69) is 58.7 Å². The van der Waals surface area contributed by atoms with Gasteiger partial charge < -0.3 is 5.11 Å². The third-order valence-corrected chi connectivity index (χ3v) is 5.76. The fourth-order valence-electron chi connectivity index (χ4n) is 3.04. The molecule has 0 saturated heterocycles. The van der Waals surface area contributed by atoms with Crippen molar-refractivity contribution in [3.05, 3.63) is 32.8 Å². The summed E-state index contributed by atoms with van der Waals surface area (Å²) < 4.78 is 1.40. The van der Waals surface area contributed by atoms with Gasteiger partial charge in [0.25, 0.3) is 6.47 Å². The average molecular weight is 478 g/mol. The number of rotatable bonds is 11. The van der Waals surface area contributed by atoms with Crippen LogP contribution in [0.2, 0.25) is 0 Å². The SMILES string of the molecule is CCCCc1cc(CCCC)c(CCCC)c(CCBr)c1Br.O=CO. The second-order valence-electron chi connectivity index (χ2n) is 6.32. The molecule has 0 aliphatic heterocycles. The second-order valence-corrected chi connectivity index (χ2v) is 7.91. The molecule has 0 heterocycles. The highest BCUT2D eigenvalue weighted by atomic mass is 79.9. The van der Waals surface area contributed by atoms with E-state index in [0.717, 1.165) is 11.8 Å². The third-order valence-electron chi connectivity index (χ3n) is 4.37. The van der Waals surface area contributed by atoms with E-state index in [1.165, 1.54) is 67.8 Å². The monoisotopic (exact) mass is 476 g/mol. The molecule has 1 aromatic rings. The zero-order valence-electron chi connectivity index (χ0n) is 16.0. The Hall–Kier alpha value is -0.350. The van der Waals surface area contributed by atoms with Crippen molar-refractivity contribution < 1.29 is 9.90 Å². The van der Waals surface area contributed by atoms with Crippen LogP contribution in [-0.2, 0) is 30.5 Å². The zero-order chi connectivity index (χ0) is 19.1. The second kappa shape index (κ2) is 15.9. The lowest BCUT2D eigenvalue weighted by Gasteiger charge is -2.20. The van der Waals surface area contributed by atoms with Gasteiger partial charge in [0.2, 0.25) is 0 Å². The van der Waals surface area contributed by atoms with Crippen molar-refractivity contribution in [1.29, 1.82) is 0 Å². The molecule has 0 saturated carbocycles. The van der Waals surface area contributed by atoms with Crippen LogP contribution in [-0.4, -0.2) is 16.9 Å². The first-order chi connectivity index (χ1) is 12.1. The van der Waals surface area contributed by atoms with Crippen LogP contribution in [0.3, 0.4) is 0 Å². The van der Waals surface area contributed by atoms with E-state index < -0.39 is 0 Å². The van der Waals surface area contributed by atoms with E-state index in [1.807, 2.05) is 0 Å². The highest BCUT2D eigenvalue weighted by Crippen LogP contribution is 2.32. The van der Waals surface area contributed by atoms with Crippen LogP contribution in [0, 0.1) is 0 Å². The van der Waals surface area contributed by atoms with Gasteiger partial charge in [0.1, 0.15) is 0 Å². The van der Waals surface area contributed by atoms with E-state index in [-0.39, 0.29) is 6.47 Å². The van der Waals surface area contributed by atoms with Crippen LogP contribution < -0.4 is 0 Å². The lowest BCUT2D eigenvalue weighted by atomic mass is 9.89. The van der Waals surface area contributed by atoms with Gasteiger partial charge in [-0.05, 0) is 67.2 Å². The highest BCUT2D eigenvalue weighted by Gasteiger charge is 2.15. The number of halogens is 2. The lowest BCUT2D eigenvalue weighted by molar-refractivity contribution is -0.122. The van der Waals surface area contributed by atoms with Gasteiger partial charge in [-0.25, -0.2) is 0 Å². The molecular weight excluding hydrogens is 444 g/mol. The molecule has 2 nitrogen and oxygen atoms in total. The first-order valence-corrected chi connectivity index (χ1v) is 11.5. The molecule has 0 aromatic heterocycles. The standard InChI is InChI=1S/C20H32Br2.CH2O2/c1-4-7-10-16-15-17(11-8-5-2)20(22)19(13-14-21)18(16)12-9-6-3;2-1-3/h15H,4-14H2,1-3H3;1H,(H,2,3). The Balaban J connectivity index is 0.00000178. The fraction of sp³-hybridized carbons (Fsp3) is 0.667. The lowest BCUT2D eigenvalue weighted by Crippen LogP contribution is -2.06. The summed E-state index contributed by atoms with van der Waals surface area (Å²) >= 11 is 7.59. The van der Waals surface area contributed by atoms with Gasteiger partial charge >= 0.3 is 0 Å². The molecule has 1 N–H and O–H groups in total. The van der Waals surface area contributed by atoms with Crippen molar-refractivity contribution in [3.63, 3.8) is 0 Å². The van der Waals surface area contributed by atoms with Gasteiger partial charge in [-0.3, -0.25) is 4.79 Å². The minimum atomic E-state index is -0.250. The van der Waals surface area contributed by atoms with Crippen molar-refractivity contribution in [2.75, 3.05) is 5.33 Å². The number of hydrogen-bond donors (Lipinski definition) is 1. The van der Waals surface area contributed by atoms with E-state index >= 15 is 0 Å². The van der Waals surface area contributed by atoms with Crippen LogP contribution in [0.25, 0.3) is 0 Å². The summed E-state index contributed by atoms with van der Waals surface area (Å²) in [5.41, 5.74) is 6.37. The Bertz CT molecular complexity index is 487. The van der Waals surface area contributed by atoms with E-state index in [1.54, 1.807) is 16.7 Å². The largest absolute Gasteiger partial charge is 0.483 e. The predicted octanol–water partition coefficient (Wildman–Crippen LogP) is 7.12. The number of carbonyl (C=O) groups is 1. The predicted molar refractivity (Wildman–Crippen MR) is 116 cm³/mol. The zero-order valence-corrected chi connectivity index (χ0v) is 19.2. The first-order valence-electron chi connectivity index (χ1n) is 9.56. The Labute approximate surface area is 171 Å². The smallest absolute Gasteiger partial charge is 0.290 e. The van der Waals surface area contributed by atoms with Crippen LogP contribution in [0.1, 0.15) is 81.5 Å². The average Bonchev–Trinajstić information content (AvgIpc) is 2.61. The third kappa shape index (κ3) is 9.23. The van der Waals surface area contributed by atoms with Crippen molar-refractivity contribution in [2.45, 2.75) is 85.0 Å². The number of aryl methyl sites for hydroxylation is 2. The maximum absolute atomic E-state index is 8.36. The molecule has 0 amide bonds. The summed E-state index contributed by atoms with van der Waals surface area (Å²) in [6.07, 6.45) is 12.5. The van der Waals surface area contributed by atoms with E-state index in [4.69, 9.17) is 9.90 Å². The van der Waals surface area contributed by atoms with Gasteiger partial charge in [0, 0.05) is 9.80 Å². The van der Waals surface area contributed by atoms with Crippen molar-refractivity contribution in [1.82, 2.24) is 0 Å². The van der Waals surface area contributed by atoms with Crippen molar-refractivity contribution in [3.8, 4) is 0 Å². The molecule has 25 heavy (non-hydrogen) atoms. The number of alkyl halides is 1. The number of benzene rings is 1. The highest BCUT2D eigenvalue weighted by molar-refractivity contribution is 9.10. The Morgan fingerprint density at radius 2 is 1.36 bits per heavy atom. The molecule has 0 unspecified atom stereocenters. The van der Waals surface area contributed by atoms with Crippen LogP contribution in [0.5, 0.6) is 0 Å². The van der Waals surface area contributed by atoms with Crippen molar-refractivity contribution in [2.24, 2.45) is 0 Å². The molecule has 0 bridgehead atoms. The Morgan fingerprint density at radius 3 is 1.84 bits per heavy atom. The Morgan fingerprint density at radius 1 is 0.880 bits per heavy atom. The number of unbranched alkanes of at least 4 members (excludes halogenated alkanes) is 3. The molecule has 0 radical (unpaired) electrons. The summed E-state index contributed by atoms with van der Waals surface area (Å²) in [6, 6.07) is 2.51. The maximum atomic E-state index is 8.36. The van der Waals surface area contributed by atoms with Gasteiger partial charge in [-0.1, -0.05) is 78.0 Å². The minimum Gasteiger partial charge on any atom is -0.483 e.